The molecule has 0 aliphatic carbocycles. The number of ether oxygens (including phenoxy) is 5. The van der Waals surface area contributed by atoms with Gasteiger partial charge in [-0.2, -0.15) is 0 Å². The molecule has 0 aliphatic heterocycles. The first-order valence-electron chi connectivity index (χ1n) is 18.6. The van der Waals surface area contributed by atoms with E-state index in [1.807, 2.05) is 42.5 Å². The molecule has 0 radical (unpaired) electrons. The molecule has 14 heteroatoms. The van der Waals surface area contributed by atoms with Crippen LogP contribution in [0.3, 0.4) is 0 Å². The Morgan fingerprint density at radius 2 is 1.35 bits per heavy atom. The number of nitrogens with zero attached hydrogens (tertiary/aromatic N) is 1. The Balaban J connectivity index is 1.10. The highest BCUT2D eigenvalue weighted by molar-refractivity contribution is 6.35. The summed E-state index contributed by atoms with van der Waals surface area (Å²) in [5, 5.41) is 27.1. The van der Waals surface area contributed by atoms with Crippen molar-refractivity contribution in [2.24, 2.45) is 0 Å². The molecule has 4 aromatic rings. The van der Waals surface area contributed by atoms with E-state index in [4.69, 9.17) is 46.9 Å². The highest BCUT2D eigenvalue weighted by atomic mass is 35.5. The molecule has 57 heavy (non-hydrogen) atoms. The van der Waals surface area contributed by atoms with Gasteiger partial charge in [0, 0.05) is 48.6 Å². The van der Waals surface area contributed by atoms with Gasteiger partial charge >= 0.3 is 6.03 Å². The van der Waals surface area contributed by atoms with E-state index in [0.29, 0.717) is 56.8 Å². The molecule has 4 aromatic carbocycles. The van der Waals surface area contributed by atoms with Gasteiger partial charge in [-0.15, -0.1) is 0 Å². The Bertz CT molecular complexity index is 1810. The number of carbonyl (C=O) groups excluding carboxylic acids is 2. The number of imide groups is 1. The number of rotatable bonds is 25. The summed E-state index contributed by atoms with van der Waals surface area (Å²) in [7, 11) is 0. The third-order valence-electron chi connectivity index (χ3n) is 8.38. The lowest BCUT2D eigenvalue weighted by atomic mass is 10.1. The van der Waals surface area contributed by atoms with Crippen molar-refractivity contribution in [3.8, 4) is 17.2 Å². The first-order valence-corrected chi connectivity index (χ1v) is 19.4. The number of benzene rings is 4. The van der Waals surface area contributed by atoms with Gasteiger partial charge in [0.25, 0.3) is 5.91 Å². The van der Waals surface area contributed by atoms with Crippen LogP contribution in [0.1, 0.15) is 18.1 Å². The zero-order valence-electron chi connectivity index (χ0n) is 32.0. The van der Waals surface area contributed by atoms with Crippen LogP contribution >= 0.6 is 23.2 Å². The van der Waals surface area contributed by atoms with Crippen molar-refractivity contribution >= 4 is 40.8 Å². The van der Waals surface area contributed by atoms with Crippen molar-refractivity contribution in [2.45, 2.75) is 31.5 Å². The molecular formula is C43H51Cl2N3O9. The summed E-state index contributed by atoms with van der Waals surface area (Å²) in [6.45, 7) is 7.67. The van der Waals surface area contributed by atoms with Crippen LogP contribution in [-0.4, -0.2) is 99.7 Å². The molecule has 0 saturated carbocycles. The van der Waals surface area contributed by atoms with Crippen LogP contribution in [0.5, 0.6) is 17.2 Å². The predicted molar refractivity (Wildman–Crippen MR) is 222 cm³/mol. The van der Waals surface area contributed by atoms with Gasteiger partial charge in [-0.25, -0.2) is 9.69 Å². The number of anilines is 1. The van der Waals surface area contributed by atoms with Crippen LogP contribution in [0, 0.1) is 0 Å². The molecule has 3 amide bonds. The average molecular weight is 825 g/mol. The quantitative estimate of drug-likeness (QED) is 0.0445. The van der Waals surface area contributed by atoms with E-state index in [9.17, 15) is 19.8 Å². The normalized spacial score (nSPS) is 12.6. The van der Waals surface area contributed by atoms with Gasteiger partial charge in [0.15, 0.2) is 17.1 Å². The molecule has 2 atom stereocenters. The van der Waals surface area contributed by atoms with Gasteiger partial charge in [0.2, 0.25) is 0 Å². The second-order valence-electron chi connectivity index (χ2n) is 13.0. The van der Waals surface area contributed by atoms with Gasteiger partial charge in [0.05, 0.1) is 45.3 Å². The highest BCUT2D eigenvalue weighted by Crippen LogP contribution is 2.32. The number of carbonyl (C=O) groups is 2. The summed E-state index contributed by atoms with van der Waals surface area (Å²) >= 11 is 12.2. The van der Waals surface area contributed by atoms with Crippen molar-refractivity contribution < 1.29 is 43.5 Å². The molecule has 0 fully saturated rings. The molecule has 0 heterocycles. The fraction of sp³-hybridized carbons (Fsp3) is 0.349. The number of aliphatic hydroxyl groups excluding tert-OH is 1. The van der Waals surface area contributed by atoms with E-state index in [-0.39, 0.29) is 42.1 Å². The van der Waals surface area contributed by atoms with Crippen molar-refractivity contribution in [1.29, 1.82) is 0 Å². The second kappa shape index (κ2) is 24.2. The monoisotopic (exact) mass is 823 g/mol. The van der Waals surface area contributed by atoms with Crippen LogP contribution in [0.2, 0.25) is 10.0 Å². The third-order valence-corrected chi connectivity index (χ3v) is 8.82. The SMILES string of the molecule is C=CC(C)(O)C(=O)N(C(=O)NCCOCCOCCNC[C@@H](O)COc1ccc(OCCc2ccccc2)c(OCCc2ccccc2)c1)c1cc(Cl)cc(Cl)c1. The topological polar surface area (TPSA) is 148 Å². The smallest absolute Gasteiger partial charge is 0.328 e. The molecule has 306 valence electrons. The van der Waals surface area contributed by atoms with Crippen LogP contribution in [0.25, 0.3) is 0 Å². The van der Waals surface area contributed by atoms with Gasteiger partial charge in [-0.05, 0) is 48.4 Å². The van der Waals surface area contributed by atoms with E-state index in [2.05, 4.69) is 41.5 Å². The zero-order chi connectivity index (χ0) is 40.9. The minimum atomic E-state index is -2.02. The summed E-state index contributed by atoms with van der Waals surface area (Å²) in [5.74, 6) is 0.824. The molecule has 1 unspecified atom stereocenters. The number of halogens is 2. The Hall–Kier alpha value is -4.66. The molecule has 0 spiro atoms. The lowest BCUT2D eigenvalue weighted by Crippen LogP contribution is -2.52. The van der Waals surface area contributed by atoms with Gasteiger partial charge in [0.1, 0.15) is 18.5 Å². The largest absolute Gasteiger partial charge is 0.491 e. The minimum Gasteiger partial charge on any atom is -0.491 e. The van der Waals surface area contributed by atoms with Crippen LogP contribution in [-0.2, 0) is 27.1 Å². The number of urea groups is 1. The Morgan fingerprint density at radius 3 is 1.95 bits per heavy atom. The first-order chi connectivity index (χ1) is 27.6. The van der Waals surface area contributed by atoms with Crippen molar-refractivity contribution in [3.63, 3.8) is 0 Å². The van der Waals surface area contributed by atoms with Crippen molar-refractivity contribution in [1.82, 2.24) is 10.6 Å². The van der Waals surface area contributed by atoms with Gasteiger partial charge in [-0.3, -0.25) is 4.79 Å². The van der Waals surface area contributed by atoms with Crippen molar-refractivity contribution in [3.05, 3.63) is 131 Å². The number of aliphatic hydroxyl groups is 2. The van der Waals surface area contributed by atoms with Gasteiger partial charge < -0.3 is 44.5 Å². The Labute approximate surface area is 344 Å². The molecule has 0 aliphatic rings. The van der Waals surface area contributed by atoms with E-state index in [0.717, 1.165) is 23.8 Å². The third kappa shape index (κ3) is 16.0. The average Bonchev–Trinajstić information content (AvgIpc) is 3.20. The molecule has 12 nitrogen and oxygen atoms in total. The molecule has 4 rings (SSSR count). The standard InChI is InChI=1S/C43H51Cl2N3O9/c1-3-43(2,52)41(50)48(36-27-34(44)26-35(45)28-36)42(51)47-19-23-54-25-24-53-22-18-46-30-37(49)31-57-38-14-15-39(55-20-16-32-10-6-4-7-11-32)40(29-38)56-21-17-33-12-8-5-9-13-33/h3-15,26-29,37,46,49,52H,1,16-25,30-31H2,2H3,(H,47,51)/t37-,43?/m1/s1. The van der Waals surface area contributed by atoms with E-state index in [1.54, 1.807) is 12.1 Å². The summed E-state index contributed by atoms with van der Waals surface area (Å²) in [6.07, 6.45) is 1.77. The van der Waals surface area contributed by atoms with Gasteiger partial charge in [-0.1, -0.05) is 96.5 Å². The summed E-state index contributed by atoms with van der Waals surface area (Å²) < 4.78 is 29.2. The zero-order valence-corrected chi connectivity index (χ0v) is 33.6. The fourth-order valence-corrected chi connectivity index (χ4v) is 5.78. The van der Waals surface area contributed by atoms with Crippen LogP contribution in [0.4, 0.5) is 10.5 Å². The molecule has 0 bridgehead atoms. The predicted octanol–water partition coefficient (Wildman–Crippen LogP) is 6.28. The van der Waals surface area contributed by atoms with Crippen LogP contribution in [0.15, 0.2) is 110 Å². The highest BCUT2D eigenvalue weighted by Gasteiger charge is 2.36. The maximum atomic E-state index is 13.0. The number of hydrogen-bond donors (Lipinski definition) is 4. The van der Waals surface area contributed by atoms with E-state index < -0.39 is 23.6 Å². The molecule has 0 saturated heterocycles. The lowest BCUT2D eigenvalue weighted by Gasteiger charge is -2.28. The Morgan fingerprint density at radius 1 is 0.772 bits per heavy atom. The molecule has 0 aromatic heterocycles. The van der Waals surface area contributed by atoms with Crippen LogP contribution < -0.4 is 29.7 Å². The van der Waals surface area contributed by atoms with E-state index in [1.165, 1.54) is 36.2 Å². The van der Waals surface area contributed by atoms with Crippen molar-refractivity contribution in [2.75, 3.05) is 70.8 Å². The lowest BCUT2D eigenvalue weighted by molar-refractivity contribution is -0.130. The summed E-state index contributed by atoms with van der Waals surface area (Å²) in [5.41, 5.74) is 0.426. The maximum absolute atomic E-state index is 13.0. The maximum Gasteiger partial charge on any atom is 0.328 e. The number of nitrogens with one attached hydrogen (secondary N) is 2. The molecular weight excluding hydrogens is 773 g/mol. The number of hydrogen-bond acceptors (Lipinski definition) is 10. The fourth-order valence-electron chi connectivity index (χ4n) is 5.26. The summed E-state index contributed by atoms with van der Waals surface area (Å²) in [6, 6.07) is 29.1. The number of amides is 3. The first kappa shape index (κ1) is 45.0. The Kier molecular flexibility index (Phi) is 19.1. The molecule has 4 N–H and O–H groups in total. The van der Waals surface area contributed by atoms with E-state index >= 15 is 0 Å². The second-order valence-corrected chi connectivity index (χ2v) is 13.9. The minimum absolute atomic E-state index is 0.0717. The summed E-state index contributed by atoms with van der Waals surface area (Å²) in [4.78, 5) is 26.7.